The molecule has 5 nitrogen and oxygen atoms in total. The van der Waals surface area contributed by atoms with E-state index in [1.165, 1.54) is 0 Å². The van der Waals surface area contributed by atoms with Crippen LogP contribution in [0, 0.1) is 0 Å². The van der Waals surface area contributed by atoms with E-state index in [1.807, 2.05) is 0 Å². The first-order valence-electron chi connectivity index (χ1n) is 4.87. The average Bonchev–Trinajstić information content (AvgIpc) is 2.02. The highest BCUT2D eigenvalue weighted by molar-refractivity contribution is 7.58. The van der Waals surface area contributed by atoms with Gasteiger partial charge in [-0.15, -0.1) is 0 Å². The zero-order valence-electron chi connectivity index (χ0n) is 11.2. The van der Waals surface area contributed by atoms with Crippen molar-refractivity contribution in [2.24, 2.45) is 0 Å². The molecule has 0 bridgehead atoms. The SMILES string of the molecule is CN(C)P[NH+]=P(N(C)C)(N(C)C)N(C)C. The second kappa shape index (κ2) is 6.29. The zero-order chi connectivity index (χ0) is 12.2. The van der Waals surface area contributed by atoms with Gasteiger partial charge >= 0.3 is 7.51 Å². The molecule has 0 radical (unpaired) electrons. The Hall–Kier alpha value is 0.500. The van der Waals surface area contributed by atoms with Crippen LogP contribution in [0.15, 0.2) is 0 Å². The van der Waals surface area contributed by atoms with Gasteiger partial charge in [-0.2, -0.15) is 0 Å². The number of rotatable bonds is 5. The third-order valence-electron chi connectivity index (χ3n) is 2.10. The molecule has 0 aromatic rings. The molecule has 0 aromatic heterocycles. The summed E-state index contributed by atoms with van der Waals surface area (Å²) in [6, 6.07) is 0. The van der Waals surface area contributed by atoms with E-state index in [0.717, 1.165) is 0 Å². The van der Waals surface area contributed by atoms with E-state index in [0.29, 0.717) is 8.88 Å². The zero-order valence-corrected chi connectivity index (χ0v) is 13.1. The van der Waals surface area contributed by atoms with Gasteiger partial charge in [0, 0.05) is 0 Å². The van der Waals surface area contributed by atoms with Crippen LogP contribution in [0.25, 0.3) is 0 Å². The fourth-order valence-electron chi connectivity index (χ4n) is 1.54. The van der Waals surface area contributed by atoms with Gasteiger partial charge in [-0.3, -0.25) is 0 Å². The molecule has 0 saturated carbocycles. The van der Waals surface area contributed by atoms with Crippen molar-refractivity contribution in [1.29, 1.82) is 0 Å². The van der Waals surface area contributed by atoms with Gasteiger partial charge in [0.2, 0.25) is 8.88 Å². The monoisotopic (exact) mass is 254 g/mol. The standard InChI is InChI=1S/C8H25N5P2/c1-10(2)14-9-15(11(3)4,12(5)6)13(7)8/h14H,1-8H3/p+1. The maximum Gasteiger partial charge on any atom is 0.310 e. The normalized spacial score (nSPS) is 14.1. The van der Waals surface area contributed by atoms with Gasteiger partial charge in [0.15, 0.2) is 0 Å². The molecule has 0 rings (SSSR count). The van der Waals surface area contributed by atoms with Crippen LogP contribution < -0.4 is 4.52 Å². The van der Waals surface area contributed by atoms with Gasteiger partial charge < -0.3 is 0 Å². The quantitative estimate of drug-likeness (QED) is 0.686. The Morgan fingerprint density at radius 1 is 0.733 bits per heavy atom. The molecule has 1 atom stereocenters. The lowest BCUT2D eigenvalue weighted by Gasteiger charge is -2.35. The van der Waals surface area contributed by atoms with Crippen molar-refractivity contribution in [1.82, 2.24) is 18.7 Å². The summed E-state index contributed by atoms with van der Waals surface area (Å²) < 4.78 is 12.7. The van der Waals surface area contributed by atoms with Crippen LogP contribution in [-0.2, 0) is 0 Å². The van der Waals surface area contributed by atoms with E-state index >= 15 is 0 Å². The van der Waals surface area contributed by atoms with Crippen LogP contribution in [0.4, 0.5) is 0 Å². The molecule has 7 heteroatoms. The number of nitrogens with zero attached hydrogens (tertiary/aromatic N) is 4. The maximum atomic E-state index is 3.67. The first kappa shape index (κ1) is 15.5. The third kappa shape index (κ3) is 3.77. The molecule has 0 spiro atoms. The van der Waals surface area contributed by atoms with Crippen LogP contribution >= 0.6 is 16.4 Å². The molecule has 1 unspecified atom stereocenters. The minimum absolute atomic E-state index is 0.626. The summed E-state index contributed by atoms with van der Waals surface area (Å²) in [6.45, 7) is 0. The lowest BCUT2D eigenvalue weighted by molar-refractivity contribution is -0.253. The predicted molar refractivity (Wildman–Crippen MR) is 70.9 cm³/mol. The van der Waals surface area contributed by atoms with Crippen molar-refractivity contribution >= 4 is 16.4 Å². The predicted octanol–water partition coefficient (Wildman–Crippen LogP) is -0.232. The van der Waals surface area contributed by atoms with E-state index < -0.39 is 7.51 Å². The van der Waals surface area contributed by atoms with Gasteiger partial charge in [-0.25, -0.2) is 23.2 Å². The van der Waals surface area contributed by atoms with Crippen LogP contribution in [0.1, 0.15) is 0 Å². The fraction of sp³-hybridized carbons (Fsp3) is 1.00. The molecule has 0 heterocycles. The van der Waals surface area contributed by atoms with Crippen LogP contribution in [-0.4, -0.2) is 75.1 Å². The maximum absolute atomic E-state index is 3.67. The highest BCUT2D eigenvalue weighted by Gasteiger charge is 2.35. The summed E-state index contributed by atoms with van der Waals surface area (Å²) in [5.41, 5.74) is 0. The summed E-state index contributed by atoms with van der Waals surface area (Å²) in [6.07, 6.45) is 0. The summed E-state index contributed by atoms with van der Waals surface area (Å²) in [4.78, 5) is 0. The summed E-state index contributed by atoms with van der Waals surface area (Å²) in [5, 5.41) is 0. The largest absolute Gasteiger partial charge is 0.310 e. The highest BCUT2D eigenvalue weighted by Crippen LogP contribution is 2.48. The lowest BCUT2D eigenvalue weighted by atomic mass is 11.2. The second-order valence-electron chi connectivity index (χ2n) is 4.23. The number of nitrogens with one attached hydrogen (secondary N) is 1. The Kier molecular flexibility index (Phi) is 6.50. The highest BCUT2D eigenvalue weighted by atomic mass is 31.2. The van der Waals surface area contributed by atoms with Crippen LogP contribution in [0.5, 0.6) is 0 Å². The minimum Gasteiger partial charge on any atom is -0.235 e. The van der Waals surface area contributed by atoms with Crippen molar-refractivity contribution < 1.29 is 4.52 Å². The van der Waals surface area contributed by atoms with Crippen molar-refractivity contribution in [2.45, 2.75) is 0 Å². The Morgan fingerprint density at radius 3 is 1.27 bits per heavy atom. The van der Waals surface area contributed by atoms with Gasteiger partial charge in [0.25, 0.3) is 0 Å². The smallest absolute Gasteiger partial charge is 0.235 e. The third-order valence-corrected chi connectivity index (χ3v) is 7.49. The van der Waals surface area contributed by atoms with E-state index in [1.54, 1.807) is 0 Å². The molecule has 15 heavy (non-hydrogen) atoms. The van der Waals surface area contributed by atoms with Crippen molar-refractivity contribution in [3.63, 3.8) is 0 Å². The Balaban J connectivity index is 5.23. The molecule has 0 amide bonds. The van der Waals surface area contributed by atoms with Crippen LogP contribution in [0.2, 0.25) is 0 Å². The Morgan fingerprint density at radius 2 is 1.07 bits per heavy atom. The first-order valence-corrected chi connectivity index (χ1v) is 7.47. The fourth-order valence-corrected chi connectivity index (χ4v) is 7.42. The van der Waals surface area contributed by atoms with E-state index in [2.05, 4.69) is 79.6 Å². The molecule has 1 N–H and O–H groups in total. The summed E-state index contributed by atoms with van der Waals surface area (Å²) in [5.74, 6) is 0. The van der Waals surface area contributed by atoms with Gasteiger partial charge in [-0.1, -0.05) is 0 Å². The van der Waals surface area contributed by atoms with E-state index in [9.17, 15) is 0 Å². The molecule has 0 aliphatic rings. The second-order valence-corrected chi connectivity index (χ2v) is 9.78. The Labute approximate surface area is 96.5 Å². The first-order chi connectivity index (χ1) is 6.75. The topological polar surface area (TPSA) is 26.9 Å². The van der Waals surface area contributed by atoms with Gasteiger partial charge in [-0.05, 0) is 56.4 Å². The molecule has 0 fully saturated rings. The van der Waals surface area contributed by atoms with Gasteiger partial charge in [0.05, 0.1) is 0 Å². The average molecular weight is 254 g/mol. The van der Waals surface area contributed by atoms with E-state index in [4.69, 9.17) is 0 Å². The number of hydrogen-bond acceptors (Lipinski definition) is 1. The van der Waals surface area contributed by atoms with E-state index in [-0.39, 0.29) is 0 Å². The molecular weight excluding hydrogens is 228 g/mol. The lowest BCUT2D eigenvalue weighted by Crippen LogP contribution is -2.64. The number of hydrogen-bond donors (Lipinski definition) is 1. The van der Waals surface area contributed by atoms with Crippen molar-refractivity contribution in [2.75, 3.05) is 56.4 Å². The summed E-state index contributed by atoms with van der Waals surface area (Å²) >= 11 is 0. The van der Waals surface area contributed by atoms with Crippen molar-refractivity contribution in [3.8, 4) is 0 Å². The molecule has 0 aliphatic heterocycles. The summed E-state index contributed by atoms with van der Waals surface area (Å²) in [7, 11) is 16.0. The van der Waals surface area contributed by atoms with Gasteiger partial charge in [0.1, 0.15) is 0 Å². The molecule has 0 saturated heterocycles. The minimum atomic E-state index is -1.55. The molecular formula is C8H26N5P2+. The van der Waals surface area contributed by atoms with Crippen molar-refractivity contribution in [3.05, 3.63) is 0 Å². The molecule has 92 valence electrons. The molecule has 0 aliphatic carbocycles. The molecule has 0 aromatic carbocycles. The van der Waals surface area contributed by atoms with Crippen LogP contribution in [0.3, 0.4) is 0 Å². The Bertz CT molecular complexity index is 209.